The Morgan fingerprint density at radius 3 is 2.79 bits per heavy atom. The van der Waals surface area contributed by atoms with Crippen LogP contribution in [0.1, 0.15) is 12.0 Å². The average Bonchev–Trinajstić information content (AvgIpc) is 3.50. The minimum atomic E-state index is -0.273. The van der Waals surface area contributed by atoms with Gasteiger partial charge in [-0.15, -0.1) is 0 Å². The first-order valence-corrected chi connectivity index (χ1v) is 10.9. The van der Waals surface area contributed by atoms with Crippen molar-refractivity contribution in [3.05, 3.63) is 89.4 Å². The monoisotopic (exact) mass is 453 g/mol. The van der Waals surface area contributed by atoms with Crippen molar-refractivity contribution in [2.45, 2.75) is 13.3 Å². The number of carbonyl (C=O) groups excluding carboxylic acids is 1. The number of aromatic nitrogens is 5. The Morgan fingerprint density at radius 2 is 2.00 bits per heavy atom. The van der Waals surface area contributed by atoms with Crippen molar-refractivity contribution in [2.75, 3.05) is 17.2 Å². The van der Waals surface area contributed by atoms with Gasteiger partial charge < -0.3 is 25.2 Å². The van der Waals surface area contributed by atoms with Crippen LogP contribution in [0.25, 0.3) is 28.1 Å². The van der Waals surface area contributed by atoms with E-state index in [0.717, 1.165) is 28.0 Å². The molecular weight excluding hydrogens is 430 g/mol. The Labute approximate surface area is 194 Å². The molecule has 9 heteroatoms. The van der Waals surface area contributed by atoms with Crippen LogP contribution in [0.5, 0.6) is 0 Å². The number of aromatic amines is 2. The van der Waals surface area contributed by atoms with E-state index in [9.17, 15) is 9.59 Å². The van der Waals surface area contributed by atoms with Gasteiger partial charge in [0.1, 0.15) is 11.4 Å². The number of hydrogen-bond acceptors (Lipinski definition) is 5. The standard InChI is InChI=1S/C25H23N7O2/c1-16-13-18(32-12-11-26-15-32)14-20-23(16)31-24(30-20)22-19(7-9-28-25(22)34)27-10-8-21(33)29-17-5-3-2-4-6-17/h2-7,9,11-15H,8,10H2,1H3,(H,29,33)(H,30,31)(H2,27,28,34). The van der Waals surface area contributed by atoms with Gasteiger partial charge in [-0.2, -0.15) is 0 Å². The highest BCUT2D eigenvalue weighted by molar-refractivity contribution is 5.91. The molecule has 5 rings (SSSR count). The molecule has 3 aromatic heterocycles. The van der Waals surface area contributed by atoms with Crippen molar-refractivity contribution in [1.82, 2.24) is 24.5 Å². The van der Waals surface area contributed by atoms with Crippen LogP contribution >= 0.6 is 0 Å². The van der Waals surface area contributed by atoms with Gasteiger partial charge in [0.05, 0.1) is 23.0 Å². The largest absolute Gasteiger partial charge is 0.384 e. The Bertz CT molecular complexity index is 1500. The van der Waals surface area contributed by atoms with Crippen LogP contribution in [0.2, 0.25) is 0 Å². The lowest BCUT2D eigenvalue weighted by atomic mass is 10.2. The minimum Gasteiger partial charge on any atom is -0.384 e. The van der Waals surface area contributed by atoms with E-state index in [4.69, 9.17) is 4.98 Å². The maximum absolute atomic E-state index is 12.7. The number of amides is 1. The smallest absolute Gasteiger partial charge is 0.261 e. The maximum atomic E-state index is 12.7. The zero-order chi connectivity index (χ0) is 23.5. The van der Waals surface area contributed by atoms with Gasteiger partial charge >= 0.3 is 0 Å². The van der Waals surface area contributed by atoms with Gasteiger partial charge in [-0.3, -0.25) is 9.59 Å². The lowest BCUT2D eigenvalue weighted by Gasteiger charge is -2.10. The number of rotatable bonds is 7. The molecular formula is C25H23N7O2. The van der Waals surface area contributed by atoms with Gasteiger partial charge in [0.15, 0.2) is 0 Å². The molecule has 2 aromatic carbocycles. The highest BCUT2D eigenvalue weighted by Crippen LogP contribution is 2.27. The van der Waals surface area contributed by atoms with E-state index in [2.05, 4.69) is 25.6 Å². The lowest BCUT2D eigenvalue weighted by Crippen LogP contribution is -2.18. The van der Waals surface area contributed by atoms with Crippen LogP contribution in [-0.2, 0) is 4.79 Å². The van der Waals surface area contributed by atoms with Gasteiger partial charge in [0.2, 0.25) is 5.91 Å². The number of para-hydroxylation sites is 1. The Kier molecular flexibility index (Phi) is 5.65. The molecule has 0 spiro atoms. The SMILES string of the molecule is Cc1cc(-n2ccnc2)cc2[nH]c(-c3c(NCCC(=O)Nc4ccccc4)cc[nH]c3=O)nc12. The number of anilines is 2. The normalized spacial score (nSPS) is 11.0. The summed E-state index contributed by atoms with van der Waals surface area (Å²) in [7, 11) is 0. The number of hydrogen-bond donors (Lipinski definition) is 4. The number of nitrogens with one attached hydrogen (secondary N) is 4. The Morgan fingerprint density at radius 1 is 1.15 bits per heavy atom. The molecule has 0 atom stereocenters. The van der Waals surface area contributed by atoms with Crippen LogP contribution in [0.15, 0.2) is 78.2 Å². The zero-order valence-electron chi connectivity index (χ0n) is 18.5. The highest BCUT2D eigenvalue weighted by atomic mass is 16.1. The second kappa shape index (κ2) is 9.07. The van der Waals surface area contributed by atoms with E-state index in [1.165, 1.54) is 0 Å². The van der Waals surface area contributed by atoms with E-state index in [-0.39, 0.29) is 17.9 Å². The number of carbonyl (C=O) groups is 1. The third-order valence-corrected chi connectivity index (χ3v) is 5.49. The van der Waals surface area contributed by atoms with Crippen molar-refractivity contribution < 1.29 is 4.79 Å². The molecule has 9 nitrogen and oxygen atoms in total. The number of aryl methyl sites for hydroxylation is 1. The van der Waals surface area contributed by atoms with E-state index >= 15 is 0 Å². The molecule has 34 heavy (non-hydrogen) atoms. The first-order valence-electron chi connectivity index (χ1n) is 10.9. The van der Waals surface area contributed by atoms with E-state index < -0.39 is 0 Å². The number of imidazole rings is 2. The molecule has 0 aliphatic carbocycles. The van der Waals surface area contributed by atoms with Crippen molar-refractivity contribution in [3.8, 4) is 17.1 Å². The number of fused-ring (bicyclic) bond motifs is 1. The van der Waals surface area contributed by atoms with Crippen molar-refractivity contribution in [2.24, 2.45) is 0 Å². The first kappa shape index (κ1) is 21.2. The molecule has 170 valence electrons. The first-order chi connectivity index (χ1) is 16.6. The summed E-state index contributed by atoms with van der Waals surface area (Å²) in [6.07, 6.45) is 7.14. The van der Waals surface area contributed by atoms with Gasteiger partial charge in [-0.25, -0.2) is 9.97 Å². The summed E-state index contributed by atoms with van der Waals surface area (Å²) in [5.41, 5.74) is 4.99. The van der Waals surface area contributed by atoms with Gasteiger partial charge in [0.25, 0.3) is 5.56 Å². The second-order valence-electron chi connectivity index (χ2n) is 7.90. The number of H-pyrrole nitrogens is 2. The number of nitrogens with zero attached hydrogens (tertiary/aromatic N) is 3. The topological polar surface area (TPSA) is 120 Å². The van der Waals surface area contributed by atoms with E-state index in [0.29, 0.717) is 23.6 Å². The summed E-state index contributed by atoms with van der Waals surface area (Å²) < 4.78 is 1.91. The fourth-order valence-electron chi connectivity index (χ4n) is 3.87. The average molecular weight is 454 g/mol. The van der Waals surface area contributed by atoms with Crippen LogP contribution < -0.4 is 16.2 Å². The molecule has 0 bridgehead atoms. The fourth-order valence-corrected chi connectivity index (χ4v) is 3.87. The van der Waals surface area contributed by atoms with Gasteiger partial charge in [-0.05, 0) is 42.8 Å². The second-order valence-corrected chi connectivity index (χ2v) is 7.90. The molecule has 0 saturated heterocycles. The third kappa shape index (κ3) is 4.31. The molecule has 0 unspecified atom stereocenters. The fraction of sp³-hybridized carbons (Fsp3) is 0.120. The molecule has 0 saturated carbocycles. The third-order valence-electron chi connectivity index (χ3n) is 5.49. The van der Waals surface area contributed by atoms with Crippen molar-refractivity contribution in [3.63, 3.8) is 0 Å². The number of pyridine rings is 1. The van der Waals surface area contributed by atoms with Gasteiger partial charge in [-0.1, -0.05) is 18.2 Å². The summed E-state index contributed by atoms with van der Waals surface area (Å²) in [5.74, 6) is 0.343. The molecule has 0 aliphatic heterocycles. The Balaban J connectivity index is 1.38. The molecule has 4 N–H and O–H groups in total. The summed E-state index contributed by atoms with van der Waals surface area (Å²) in [6.45, 7) is 2.34. The molecule has 1 amide bonds. The predicted octanol–water partition coefficient (Wildman–Crippen LogP) is 3.85. The summed E-state index contributed by atoms with van der Waals surface area (Å²) in [6, 6.07) is 15.1. The van der Waals surface area contributed by atoms with Crippen LogP contribution in [0.4, 0.5) is 11.4 Å². The quantitative estimate of drug-likeness (QED) is 0.298. The summed E-state index contributed by atoms with van der Waals surface area (Å²) >= 11 is 0. The molecule has 3 heterocycles. The number of benzene rings is 2. The van der Waals surface area contributed by atoms with Gasteiger partial charge in [0, 0.05) is 42.9 Å². The lowest BCUT2D eigenvalue weighted by molar-refractivity contribution is -0.115. The predicted molar refractivity (Wildman–Crippen MR) is 132 cm³/mol. The van der Waals surface area contributed by atoms with Crippen LogP contribution in [0.3, 0.4) is 0 Å². The maximum Gasteiger partial charge on any atom is 0.261 e. The zero-order valence-corrected chi connectivity index (χ0v) is 18.5. The van der Waals surface area contributed by atoms with Crippen LogP contribution in [-0.4, -0.2) is 37.0 Å². The molecule has 0 aliphatic rings. The van der Waals surface area contributed by atoms with E-state index in [1.807, 2.05) is 60.2 Å². The molecule has 0 radical (unpaired) electrons. The molecule has 0 fully saturated rings. The molecule has 5 aromatic rings. The summed E-state index contributed by atoms with van der Waals surface area (Å²) in [4.78, 5) is 39.8. The van der Waals surface area contributed by atoms with E-state index in [1.54, 1.807) is 24.8 Å². The summed E-state index contributed by atoms with van der Waals surface area (Å²) in [5, 5.41) is 6.06. The van der Waals surface area contributed by atoms with Crippen LogP contribution in [0, 0.1) is 6.92 Å². The van der Waals surface area contributed by atoms with Crippen molar-refractivity contribution in [1.29, 1.82) is 0 Å². The minimum absolute atomic E-state index is 0.114. The van der Waals surface area contributed by atoms with Crippen molar-refractivity contribution >= 4 is 28.3 Å². The highest BCUT2D eigenvalue weighted by Gasteiger charge is 2.16. The Hall–Kier alpha value is -4.66.